The fraction of sp³-hybridized carbons (Fsp3) is 0.214. The first-order valence-corrected chi connectivity index (χ1v) is 12.2. The molecule has 2 amide bonds. The molecule has 0 bridgehead atoms. The van der Waals surface area contributed by atoms with E-state index < -0.39 is 5.92 Å². The number of fused-ring (bicyclic) bond motifs is 2. The smallest absolute Gasteiger partial charge is 0.240 e. The van der Waals surface area contributed by atoms with Crippen molar-refractivity contribution in [2.45, 2.75) is 5.92 Å². The molecule has 9 heteroatoms. The molecule has 2 heterocycles. The van der Waals surface area contributed by atoms with Gasteiger partial charge in [0.05, 0.1) is 35.3 Å². The zero-order valence-electron chi connectivity index (χ0n) is 21.1. The summed E-state index contributed by atoms with van der Waals surface area (Å²) in [4.78, 5) is 38.6. The molecule has 0 saturated heterocycles. The van der Waals surface area contributed by atoms with E-state index in [9.17, 15) is 9.59 Å². The molecule has 3 aromatic carbocycles. The summed E-state index contributed by atoms with van der Waals surface area (Å²) in [6.45, 7) is 0.316. The molecule has 188 valence electrons. The number of aliphatic imine (C=N–C) groups is 1. The van der Waals surface area contributed by atoms with Crippen molar-refractivity contribution in [3.63, 3.8) is 0 Å². The Balaban J connectivity index is 1.57. The molecule has 0 aliphatic carbocycles. The fourth-order valence-electron chi connectivity index (χ4n) is 4.51. The van der Waals surface area contributed by atoms with Gasteiger partial charge >= 0.3 is 0 Å². The SMILES string of the molecule is CN(C)CC(=O)N(C)c1ccc(N=C(c2ccc3c(c2)ncn3C)C2C(=O)Nc3cc(Cl)ccc32)cc1. The van der Waals surface area contributed by atoms with E-state index in [1.807, 2.05) is 79.1 Å². The Kier molecular flexibility index (Phi) is 6.54. The van der Waals surface area contributed by atoms with Crippen molar-refractivity contribution in [2.24, 2.45) is 12.0 Å². The summed E-state index contributed by atoms with van der Waals surface area (Å²) < 4.78 is 1.95. The van der Waals surface area contributed by atoms with Crippen LogP contribution in [0.1, 0.15) is 17.0 Å². The van der Waals surface area contributed by atoms with Gasteiger partial charge in [0.15, 0.2) is 0 Å². The standard InChI is InChI=1S/C28H27ClN6O2/c1-33(2)15-25(36)35(4)20-9-7-19(8-10-20)31-27(17-5-12-24-23(13-17)30-16-34(24)3)26-21-11-6-18(29)14-22(21)32-28(26)37/h5-14,16,26H,15H2,1-4H3,(H,32,37). The lowest BCUT2D eigenvalue weighted by Crippen LogP contribution is -2.34. The van der Waals surface area contributed by atoms with Crippen LogP contribution in [0.25, 0.3) is 11.0 Å². The number of likely N-dealkylation sites (N-methyl/N-ethyl adjacent to an activating group) is 2. The molecular formula is C28H27ClN6O2. The van der Waals surface area contributed by atoms with Gasteiger partial charge in [0.1, 0.15) is 5.92 Å². The van der Waals surface area contributed by atoms with Gasteiger partial charge in [0.25, 0.3) is 0 Å². The minimum absolute atomic E-state index is 0.0106. The number of aryl methyl sites for hydroxylation is 1. The lowest BCUT2D eigenvalue weighted by Gasteiger charge is -2.20. The Labute approximate surface area is 220 Å². The topological polar surface area (TPSA) is 82.8 Å². The number of nitrogens with one attached hydrogen (secondary N) is 1. The number of hydrogen-bond acceptors (Lipinski definition) is 5. The van der Waals surface area contributed by atoms with Crippen LogP contribution in [0.4, 0.5) is 17.1 Å². The molecule has 1 atom stereocenters. The van der Waals surface area contributed by atoms with Crippen LogP contribution in [0.3, 0.4) is 0 Å². The van der Waals surface area contributed by atoms with Gasteiger partial charge in [-0.2, -0.15) is 0 Å². The number of imidazole rings is 1. The van der Waals surface area contributed by atoms with Gasteiger partial charge in [-0.25, -0.2) is 4.98 Å². The van der Waals surface area contributed by atoms with Gasteiger partial charge in [0.2, 0.25) is 11.8 Å². The molecule has 8 nitrogen and oxygen atoms in total. The first kappa shape index (κ1) is 24.7. The molecule has 37 heavy (non-hydrogen) atoms. The maximum Gasteiger partial charge on any atom is 0.240 e. The monoisotopic (exact) mass is 514 g/mol. The van der Waals surface area contributed by atoms with E-state index in [4.69, 9.17) is 16.6 Å². The van der Waals surface area contributed by atoms with Gasteiger partial charge < -0.3 is 19.7 Å². The molecule has 1 N–H and O–H groups in total. The number of benzene rings is 3. The summed E-state index contributed by atoms with van der Waals surface area (Å²) in [6.07, 6.45) is 1.76. The first-order valence-electron chi connectivity index (χ1n) is 11.8. The Bertz CT molecular complexity index is 1540. The number of carbonyl (C=O) groups excluding carboxylic acids is 2. The third-order valence-electron chi connectivity index (χ3n) is 6.45. The number of carbonyl (C=O) groups is 2. The van der Waals surface area contributed by atoms with Crippen molar-refractivity contribution in [3.05, 3.63) is 83.1 Å². The van der Waals surface area contributed by atoms with E-state index in [1.165, 1.54) is 0 Å². The second kappa shape index (κ2) is 9.80. The Morgan fingerprint density at radius 3 is 2.57 bits per heavy atom. The van der Waals surface area contributed by atoms with Gasteiger partial charge in [-0.05, 0) is 73.8 Å². The Hall–Kier alpha value is -4.01. The molecular weight excluding hydrogens is 488 g/mol. The average molecular weight is 515 g/mol. The minimum Gasteiger partial charge on any atom is -0.334 e. The third-order valence-corrected chi connectivity index (χ3v) is 6.69. The highest BCUT2D eigenvalue weighted by molar-refractivity contribution is 6.31. The van der Waals surface area contributed by atoms with Crippen molar-refractivity contribution in [1.29, 1.82) is 0 Å². The largest absolute Gasteiger partial charge is 0.334 e. The van der Waals surface area contributed by atoms with Crippen LogP contribution in [-0.2, 0) is 16.6 Å². The highest BCUT2D eigenvalue weighted by Crippen LogP contribution is 2.38. The molecule has 0 saturated carbocycles. The number of hydrogen-bond donors (Lipinski definition) is 1. The van der Waals surface area contributed by atoms with Crippen LogP contribution in [0.5, 0.6) is 0 Å². The van der Waals surface area contributed by atoms with Gasteiger partial charge in [-0.1, -0.05) is 23.7 Å². The quantitative estimate of drug-likeness (QED) is 0.381. The van der Waals surface area contributed by atoms with E-state index in [2.05, 4.69) is 10.3 Å². The average Bonchev–Trinajstić information content (AvgIpc) is 3.40. The number of amides is 2. The molecule has 4 aromatic rings. The predicted octanol–water partition coefficient (Wildman–Crippen LogP) is 4.61. The van der Waals surface area contributed by atoms with Crippen molar-refractivity contribution in [1.82, 2.24) is 14.5 Å². The molecule has 1 unspecified atom stereocenters. The van der Waals surface area contributed by atoms with Crippen LogP contribution < -0.4 is 10.2 Å². The van der Waals surface area contributed by atoms with Crippen molar-refractivity contribution in [3.8, 4) is 0 Å². The van der Waals surface area contributed by atoms with Crippen LogP contribution in [0.2, 0.25) is 5.02 Å². The second-order valence-corrected chi connectivity index (χ2v) is 9.85. The lowest BCUT2D eigenvalue weighted by molar-refractivity contribution is -0.119. The van der Waals surface area contributed by atoms with Gasteiger partial charge in [-0.15, -0.1) is 0 Å². The van der Waals surface area contributed by atoms with E-state index in [0.717, 1.165) is 27.8 Å². The van der Waals surface area contributed by atoms with Gasteiger partial charge in [-0.3, -0.25) is 14.6 Å². The minimum atomic E-state index is -0.613. The zero-order valence-corrected chi connectivity index (χ0v) is 21.8. The summed E-state index contributed by atoms with van der Waals surface area (Å²) in [5.41, 5.74) is 6.15. The number of aromatic nitrogens is 2. The maximum atomic E-state index is 13.2. The highest BCUT2D eigenvalue weighted by Gasteiger charge is 2.35. The summed E-state index contributed by atoms with van der Waals surface area (Å²) in [5, 5.41) is 3.50. The predicted molar refractivity (Wildman–Crippen MR) is 148 cm³/mol. The van der Waals surface area contributed by atoms with Gasteiger partial charge in [0, 0.05) is 30.5 Å². The molecule has 0 spiro atoms. The first-order chi connectivity index (χ1) is 17.7. The summed E-state index contributed by atoms with van der Waals surface area (Å²) in [7, 11) is 7.41. The van der Waals surface area contributed by atoms with E-state index in [1.54, 1.807) is 30.4 Å². The van der Waals surface area contributed by atoms with Crippen LogP contribution >= 0.6 is 11.6 Å². The highest BCUT2D eigenvalue weighted by atomic mass is 35.5. The molecule has 5 rings (SSSR count). The lowest BCUT2D eigenvalue weighted by atomic mass is 9.90. The number of rotatable bonds is 6. The molecule has 1 aliphatic heterocycles. The van der Waals surface area contributed by atoms with Crippen molar-refractivity contribution >= 4 is 57.2 Å². The Morgan fingerprint density at radius 2 is 1.84 bits per heavy atom. The van der Waals surface area contributed by atoms with E-state index >= 15 is 0 Å². The molecule has 0 fully saturated rings. The van der Waals surface area contributed by atoms with E-state index in [-0.39, 0.29) is 11.8 Å². The van der Waals surface area contributed by atoms with Crippen LogP contribution in [0.15, 0.2) is 72.0 Å². The zero-order chi connectivity index (χ0) is 26.3. The van der Waals surface area contributed by atoms with Crippen molar-refractivity contribution in [2.75, 3.05) is 37.9 Å². The Morgan fingerprint density at radius 1 is 1.08 bits per heavy atom. The summed E-state index contributed by atoms with van der Waals surface area (Å²) in [6, 6.07) is 18.7. The molecule has 0 radical (unpaired) electrons. The summed E-state index contributed by atoms with van der Waals surface area (Å²) >= 11 is 6.18. The maximum absolute atomic E-state index is 13.2. The van der Waals surface area contributed by atoms with Crippen molar-refractivity contribution < 1.29 is 9.59 Å². The van der Waals surface area contributed by atoms with Crippen LogP contribution in [0, 0.1) is 0 Å². The number of halogens is 1. The summed E-state index contributed by atoms with van der Waals surface area (Å²) in [5.74, 6) is -0.788. The normalized spacial score (nSPS) is 15.2. The molecule has 1 aliphatic rings. The fourth-order valence-corrected chi connectivity index (χ4v) is 4.68. The third kappa shape index (κ3) is 4.85. The van der Waals surface area contributed by atoms with Crippen LogP contribution in [-0.4, -0.2) is 59.7 Å². The number of anilines is 2. The second-order valence-electron chi connectivity index (χ2n) is 9.42. The molecule has 1 aromatic heterocycles. The van der Waals surface area contributed by atoms with E-state index in [0.29, 0.717) is 28.7 Å². The number of nitrogens with zero attached hydrogens (tertiary/aromatic N) is 5.